The van der Waals surface area contributed by atoms with E-state index in [0.717, 1.165) is 11.1 Å². The highest BCUT2D eigenvalue weighted by molar-refractivity contribution is 9.10. The second kappa shape index (κ2) is 4.83. The van der Waals surface area contributed by atoms with Crippen molar-refractivity contribution in [3.8, 4) is 0 Å². The van der Waals surface area contributed by atoms with Gasteiger partial charge in [-0.2, -0.15) is 4.31 Å². The van der Waals surface area contributed by atoms with Gasteiger partial charge in [-0.15, -0.1) is 0 Å². The van der Waals surface area contributed by atoms with E-state index >= 15 is 0 Å². The van der Waals surface area contributed by atoms with E-state index in [4.69, 9.17) is 5.73 Å². The molecule has 5 nitrogen and oxygen atoms in total. The average Bonchev–Trinajstić information content (AvgIpc) is 2.82. The summed E-state index contributed by atoms with van der Waals surface area (Å²) in [5, 5.41) is 0. The SMILES string of the molecule is Nc1ccc2c(c1)CN(S(=O)(=O)c1cncc(Br)c1)C2. The molecule has 0 fully saturated rings. The van der Waals surface area contributed by atoms with Gasteiger partial charge in [-0.25, -0.2) is 8.42 Å². The lowest BCUT2D eigenvalue weighted by Gasteiger charge is -2.15. The summed E-state index contributed by atoms with van der Waals surface area (Å²) < 4.78 is 27.2. The first-order valence-corrected chi connectivity index (χ1v) is 8.18. The molecule has 0 atom stereocenters. The number of anilines is 1. The fourth-order valence-corrected chi connectivity index (χ4v) is 4.14. The minimum atomic E-state index is -3.54. The van der Waals surface area contributed by atoms with Gasteiger partial charge in [-0.3, -0.25) is 4.98 Å². The maximum absolute atomic E-state index is 12.6. The lowest BCUT2D eigenvalue weighted by Crippen LogP contribution is -2.25. The molecule has 0 aliphatic carbocycles. The number of pyridine rings is 1. The van der Waals surface area contributed by atoms with Gasteiger partial charge in [0.25, 0.3) is 0 Å². The zero-order valence-corrected chi connectivity index (χ0v) is 12.9. The van der Waals surface area contributed by atoms with Crippen LogP contribution in [0.25, 0.3) is 0 Å². The van der Waals surface area contributed by atoms with Gasteiger partial charge in [0.2, 0.25) is 10.0 Å². The van der Waals surface area contributed by atoms with Crippen molar-refractivity contribution in [2.75, 3.05) is 5.73 Å². The molecule has 0 spiro atoms. The zero-order chi connectivity index (χ0) is 14.3. The van der Waals surface area contributed by atoms with Crippen LogP contribution < -0.4 is 5.73 Å². The van der Waals surface area contributed by atoms with Crippen LogP contribution in [0.4, 0.5) is 5.69 Å². The van der Waals surface area contributed by atoms with E-state index in [1.54, 1.807) is 18.3 Å². The zero-order valence-electron chi connectivity index (χ0n) is 10.5. The summed E-state index contributed by atoms with van der Waals surface area (Å²) in [4.78, 5) is 4.10. The lowest BCUT2D eigenvalue weighted by molar-refractivity contribution is 0.431. The fraction of sp³-hybridized carbons (Fsp3) is 0.154. The van der Waals surface area contributed by atoms with E-state index in [9.17, 15) is 8.42 Å². The van der Waals surface area contributed by atoms with Gasteiger partial charge in [0, 0.05) is 35.6 Å². The number of sulfonamides is 1. The molecule has 0 unspecified atom stereocenters. The Morgan fingerprint density at radius 2 is 1.90 bits per heavy atom. The first-order chi connectivity index (χ1) is 9.46. The molecule has 2 N–H and O–H groups in total. The summed E-state index contributed by atoms with van der Waals surface area (Å²) in [5.41, 5.74) is 8.32. The lowest BCUT2D eigenvalue weighted by atomic mass is 10.1. The van der Waals surface area contributed by atoms with Crippen LogP contribution in [0.1, 0.15) is 11.1 Å². The van der Waals surface area contributed by atoms with Gasteiger partial charge in [-0.1, -0.05) is 6.07 Å². The standard InChI is InChI=1S/C13H12BrN3O2S/c14-11-4-13(6-16-5-11)20(18,19)17-7-9-1-2-12(15)3-10(9)8-17/h1-6H,7-8,15H2. The molecule has 0 saturated heterocycles. The van der Waals surface area contributed by atoms with Gasteiger partial charge in [0.1, 0.15) is 4.90 Å². The molecule has 2 aromatic rings. The Balaban J connectivity index is 1.95. The largest absolute Gasteiger partial charge is 0.399 e. The normalized spacial score (nSPS) is 15.2. The average molecular weight is 354 g/mol. The number of aromatic nitrogens is 1. The van der Waals surface area contributed by atoms with E-state index in [2.05, 4.69) is 20.9 Å². The fourth-order valence-electron chi connectivity index (χ4n) is 2.24. The molecule has 1 aromatic carbocycles. The number of rotatable bonds is 2. The van der Waals surface area contributed by atoms with Crippen molar-refractivity contribution in [2.45, 2.75) is 18.0 Å². The minimum Gasteiger partial charge on any atom is -0.399 e. The van der Waals surface area contributed by atoms with E-state index in [1.807, 2.05) is 12.1 Å². The molecule has 20 heavy (non-hydrogen) atoms. The monoisotopic (exact) mass is 353 g/mol. The Morgan fingerprint density at radius 3 is 2.65 bits per heavy atom. The molecule has 0 radical (unpaired) electrons. The quantitative estimate of drug-likeness (QED) is 0.839. The van der Waals surface area contributed by atoms with Crippen LogP contribution in [-0.4, -0.2) is 17.7 Å². The predicted octanol–water partition coefficient (Wildman–Crippen LogP) is 2.13. The van der Waals surface area contributed by atoms with Crippen LogP contribution >= 0.6 is 15.9 Å². The van der Waals surface area contributed by atoms with Crippen molar-refractivity contribution in [3.05, 3.63) is 52.3 Å². The van der Waals surface area contributed by atoms with E-state index in [0.29, 0.717) is 23.2 Å². The van der Waals surface area contributed by atoms with Gasteiger partial charge in [-0.05, 0) is 45.3 Å². The molecule has 0 bridgehead atoms. The van der Waals surface area contributed by atoms with E-state index < -0.39 is 10.0 Å². The summed E-state index contributed by atoms with van der Waals surface area (Å²) in [7, 11) is -3.54. The van der Waals surface area contributed by atoms with Crippen LogP contribution in [0.15, 0.2) is 46.0 Å². The second-order valence-corrected chi connectivity index (χ2v) is 7.49. The maximum Gasteiger partial charge on any atom is 0.245 e. The molecule has 2 heterocycles. The Kier molecular flexibility index (Phi) is 3.27. The minimum absolute atomic E-state index is 0.188. The third-order valence-electron chi connectivity index (χ3n) is 3.24. The van der Waals surface area contributed by atoms with Crippen molar-refractivity contribution in [2.24, 2.45) is 0 Å². The predicted molar refractivity (Wildman–Crippen MR) is 79.2 cm³/mol. The molecule has 1 aliphatic heterocycles. The van der Waals surface area contributed by atoms with Gasteiger partial charge < -0.3 is 5.73 Å². The third-order valence-corrected chi connectivity index (χ3v) is 5.43. The van der Waals surface area contributed by atoms with Gasteiger partial charge in [0.15, 0.2) is 0 Å². The van der Waals surface area contributed by atoms with Crippen LogP contribution in [0, 0.1) is 0 Å². The third kappa shape index (κ3) is 2.32. The summed E-state index contributed by atoms with van der Waals surface area (Å²) in [6.45, 7) is 0.708. The van der Waals surface area contributed by atoms with E-state index in [1.165, 1.54) is 10.5 Å². The molecule has 0 amide bonds. The Hall–Kier alpha value is -1.44. The molecule has 0 saturated carbocycles. The Morgan fingerprint density at radius 1 is 1.15 bits per heavy atom. The highest BCUT2D eigenvalue weighted by Gasteiger charge is 2.30. The Labute approximate surface area is 125 Å². The topological polar surface area (TPSA) is 76.3 Å². The van der Waals surface area contributed by atoms with Crippen LogP contribution in [0.5, 0.6) is 0 Å². The number of hydrogen-bond donors (Lipinski definition) is 1. The summed E-state index contributed by atoms with van der Waals surface area (Å²) in [6.07, 6.45) is 2.91. The first-order valence-electron chi connectivity index (χ1n) is 5.95. The number of halogens is 1. The van der Waals surface area contributed by atoms with Crippen molar-refractivity contribution >= 4 is 31.6 Å². The summed E-state index contributed by atoms with van der Waals surface area (Å²) in [6, 6.07) is 7.04. The maximum atomic E-state index is 12.6. The molecule has 1 aromatic heterocycles. The number of nitrogens with zero attached hydrogens (tertiary/aromatic N) is 2. The first kappa shape index (κ1) is 13.5. The van der Waals surface area contributed by atoms with Crippen LogP contribution in [-0.2, 0) is 23.1 Å². The van der Waals surface area contributed by atoms with Gasteiger partial charge >= 0.3 is 0 Å². The van der Waals surface area contributed by atoms with Crippen molar-refractivity contribution in [1.82, 2.24) is 9.29 Å². The number of fused-ring (bicyclic) bond motifs is 1. The van der Waals surface area contributed by atoms with Crippen molar-refractivity contribution in [1.29, 1.82) is 0 Å². The number of benzene rings is 1. The Bertz CT molecular complexity index is 777. The van der Waals surface area contributed by atoms with Crippen LogP contribution in [0.2, 0.25) is 0 Å². The number of hydrogen-bond acceptors (Lipinski definition) is 4. The molecule has 104 valence electrons. The molecular weight excluding hydrogens is 342 g/mol. The number of nitrogen functional groups attached to an aromatic ring is 1. The number of nitrogens with two attached hydrogens (primary N) is 1. The highest BCUT2D eigenvalue weighted by Crippen LogP contribution is 2.30. The molecule has 1 aliphatic rings. The molecule has 7 heteroatoms. The molecular formula is C13H12BrN3O2S. The second-order valence-electron chi connectivity index (χ2n) is 4.64. The smallest absolute Gasteiger partial charge is 0.245 e. The molecule has 3 rings (SSSR count). The summed E-state index contributed by atoms with van der Waals surface area (Å²) >= 11 is 3.24. The van der Waals surface area contributed by atoms with Crippen molar-refractivity contribution < 1.29 is 8.42 Å². The van der Waals surface area contributed by atoms with Gasteiger partial charge in [0.05, 0.1) is 0 Å². The summed E-state index contributed by atoms with van der Waals surface area (Å²) in [5.74, 6) is 0. The van der Waals surface area contributed by atoms with Crippen LogP contribution in [0.3, 0.4) is 0 Å². The van der Waals surface area contributed by atoms with E-state index in [-0.39, 0.29) is 4.90 Å². The van der Waals surface area contributed by atoms with Crippen molar-refractivity contribution in [3.63, 3.8) is 0 Å². The highest BCUT2D eigenvalue weighted by atomic mass is 79.9.